The lowest BCUT2D eigenvalue weighted by Gasteiger charge is -2.29. The normalized spacial score (nSPS) is 28.8. The highest BCUT2D eigenvalue weighted by Crippen LogP contribution is 2.50. The van der Waals surface area contributed by atoms with E-state index in [0.29, 0.717) is 17.9 Å². The number of ketones is 2. The molecule has 0 spiro atoms. The number of fused-ring (bicyclic) bond motifs is 1. The van der Waals surface area contributed by atoms with E-state index in [1.165, 1.54) is 12.8 Å². The third-order valence-corrected chi connectivity index (χ3v) is 6.88. The van der Waals surface area contributed by atoms with Gasteiger partial charge in [0.1, 0.15) is 5.92 Å². The zero-order valence-electron chi connectivity index (χ0n) is 15.4. The first-order valence-corrected chi connectivity index (χ1v) is 9.32. The molecule has 0 radical (unpaired) electrons. The number of nitrogens with one attached hydrogen (secondary N) is 1. The van der Waals surface area contributed by atoms with Gasteiger partial charge in [-0.2, -0.15) is 0 Å². The monoisotopic (exact) mass is 353 g/mol. The van der Waals surface area contributed by atoms with Gasteiger partial charge >= 0.3 is 0 Å². The Balaban J connectivity index is 1.81. The van der Waals surface area contributed by atoms with E-state index in [0.717, 1.165) is 35.1 Å². The molecule has 2 fully saturated rings. The molecule has 0 aromatic heterocycles. The Morgan fingerprint density at radius 2 is 1.69 bits per heavy atom. The van der Waals surface area contributed by atoms with Crippen LogP contribution in [0.25, 0.3) is 0 Å². The Morgan fingerprint density at radius 3 is 2.27 bits per heavy atom. The fourth-order valence-corrected chi connectivity index (χ4v) is 5.20. The topological polar surface area (TPSA) is 80.3 Å². The summed E-state index contributed by atoms with van der Waals surface area (Å²) in [5, 5.41) is 2.10. The minimum atomic E-state index is -1.08. The first-order chi connectivity index (χ1) is 12.3. The molecule has 2 atom stereocenters. The van der Waals surface area contributed by atoms with Crippen LogP contribution in [-0.4, -0.2) is 23.4 Å². The molecule has 2 aliphatic carbocycles. The van der Waals surface area contributed by atoms with Crippen LogP contribution in [0.1, 0.15) is 71.1 Å². The minimum Gasteiger partial charge on any atom is -0.294 e. The summed E-state index contributed by atoms with van der Waals surface area (Å²) in [6.07, 6.45) is 5.16. The van der Waals surface area contributed by atoms with Crippen LogP contribution in [0.4, 0.5) is 0 Å². The van der Waals surface area contributed by atoms with Crippen LogP contribution in [0.15, 0.2) is 6.07 Å². The lowest BCUT2D eigenvalue weighted by atomic mass is 9.73. The number of rotatable bonds is 2. The van der Waals surface area contributed by atoms with Gasteiger partial charge < -0.3 is 0 Å². The highest BCUT2D eigenvalue weighted by atomic mass is 16.2. The molecule has 136 valence electrons. The predicted octanol–water partition coefficient (Wildman–Crippen LogP) is 2.55. The molecule has 2 unspecified atom stereocenters. The Labute approximate surface area is 152 Å². The SMILES string of the molecule is Cc1c(C2C(=O)NC(=O)C2=O)cc2c(c1C)C(=O)C(C)(C1CCCC1)C2. The van der Waals surface area contributed by atoms with Gasteiger partial charge in [0.05, 0.1) is 0 Å². The van der Waals surface area contributed by atoms with Crippen molar-refractivity contribution in [2.24, 2.45) is 11.3 Å². The van der Waals surface area contributed by atoms with Crippen LogP contribution in [0.3, 0.4) is 0 Å². The lowest BCUT2D eigenvalue weighted by molar-refractivity contribution is -0.135. The second kappa shape index (κ2) is 5.60. The van der Waals surface area contributed by atoms with Crippen LogP contribution >= 0.6 is 0 Å². The van der Waals surface area contributed by atoms with E-state index < -0.39 is 28.9 Å². The number of carbonyl (C=O) groups is 4. The van der Waals surface area contributed by atoms with Gasteiger partial charge in [-0.05, 0) is 61.3 Å². The maximum absolute atomic E-state index is 13.3. The van der Waals surface area contributed by atoms with E-state index in [1.54, 1.807) is 0 Å². The molecule has 26 heavy (non-hydrogen) atoms. The Hall–Kier alpha value is -2.30. The number of Topliss-reactive ketones (excluding diaryl/α,β-unsaturated/α-hetero) is 2. The molecule has 1 aromatic carbocycles. The van der Waals surface area contributed by atoms with E-state index in [9.17, 15) is 19.2 Å². The van der Waals surface area contributed by atoms with Gasteiger partial charge in [-0.15, -0.1) is 0 Å². The average molecular weight is 353 g/mol. The van der Waals surface area contributed by atoms with Crippen LogP contribution in [0, 0.1) is 25.2 Å². The van der Waals surface area contributed by atoms with Crippen molar-refractivity contribution in [3.8, 4) is 0 Å². The Kier molecular flexibility index (Phi) is 3.69. The van der Waals surface area contributed by atoms with Gasteiger partial charge in [-0.25, -0.2) is 0 Å². The van der Waals surface area contributed by atoms with Crippen LogP contribution in [0.5, 0.6) is 0 Å². The largest absolute Gasteiger partial charge is 0.295 e. The van der Waals surface area contributed by atoms with Crippen molar-refractivity contribution in [1.82, 2.24) is 5.32 Å². The van der Waals surface area contributed by atoms with Crippen molar-refractivity contribution < 1.29 is 19.2 Å². The van der Waals surface area contributed by atoms with Gasteiger partial charge in [-0.3, -0.25) is 24.5 Å². The quantitative estimate of drug-likeness (QED) is 0.503. The zero-order chi connectivity index (χ0) is 18.8. The van der Waals surface area contributed by atoms with Crippen LogP contribution in [0.2, 0.25) is 0 Å². The van der Waals surface area contributed by atoms with Gasteiger partial charge in [-0.1, -0.05) is 25.8 Å². The summed E-state index contributed by atoms with van der Waals surface area (Å²) in [7, 11) is 0. The summed E-state index contributed by atoms with van der Waals surface area (Å²) in [5.74, 6) is -2.61. The molecule has 0 bridgehead atoms. The number of hydrogen-bond donors (Lipinski definition) is 1. The highest BCUT2D eigenvalue weighted by molar-refractivity contribution is 6.50. The highest BCUT2D eigenvalue weighted by Gasteiger charge is 2.50. The minimum absolute atomic E-state index is 0.199. The molecule has 1 N–H and O–H groups in total. The summed E-state index contributed by atoms with van der Waals surface area (Å²) in [6.45, 7) is 5.78. The standard InChI is InChI=1S/C21H23NO4/c1-10-11(2)15-12(8-14(10)16-17(23)20(26)22-19(16)25)9-21(3,18(15)24)13-6-4-5-7-13/h8,13,16H,4-7,9H2,1-3H3,(H,22,25,26). The van der Waals surface area contributed by atoms with Crippen molar-refractivity contribution in [3.63, 3.8) is 0 Å². The summed E-state index contributed by atoms with van der Waals surface area (Å²) >= 11 is 0. The van der Waals surface area contributed by atoms with E-state index in [-0.39, 0.29) is 5.78 Å². The second-order valence-corrected chi connectivity index (χ2v) is 8.27. The average Bonchev–Trinajstić information content (AvgIpc) is 3.26. The van der Waals surface area contributed by atoms with E-state index in [4.69, 9.17) is 0 Å². The third kappa shape index (κ3) is 2.15. The number of imide groups is 1. The fraction of sp³-hybridized carbons (Fsp3) is 0.524. The molecular weight excluding hydrogens is 330 g/mol. The Morgan fingerprint density at radius 1 is 1.04 bits per heavy atom. The van der Waals surface area contributed by atoms with Gasteiger partial charge in [0.15, 0.2) is 5.78 Å². The summed E-state index contributed by atoms with van der Waals surface area (Å²) < 4.78 is 0. The first kappa shape index (κ1) is 17.1. The van der Waals surface area contributed by atoms with Gasteiger partial charge in [0.25, 0.3) is 5.91 Å². The molecule has 1 heterocycles. The van der Waals surface area contributed by atoms with E-state index >= 15 is 0 Å². The molecule has 4 rings (SSSR count). The maximum Gasteiger partial charge on any atom is 0.295 e. The number of benzene rings is 1. The molecule has 3 aliphatic rings. The van der Waals surface area contributed by atoms with Gasteiger partial charge in [0.2, 0.25) is 11.7 Å². The van der Waals surface area contributed by atoms with Crippen LogP contribution < -0.4 is 5.32 Å². The molecule has 5 heteroatoms. The van der Waals surface area contributed by atoms with Gasteiger partial charge in [0, 0.05) is 11.0 Å². The second-order valence-electron chi connectivity index (χ2n) is 8.27. The Bertz CT molecular complexity index is 878. The van der Waals surface area contributed by atoms with Crippen molar-refractivity contribution >= 4 is 23.4 Å². The van der Waals surface area contributed by atoms with Crippen LogP contribution in [-0.2, 0) is 20.8 Å². The van der Waals surface area contributed by atoms with Crippen molar-refractivity contribution in [3.05, 3.63) is 33.9 Å². The molecule has 1 aromatic rings. The van der Waals surface area contributed by atoms with Crippen molar-refractivity contribution in [2.45, 2.75) is 58.8 Å². The maximum atomic E-state index is 13.3. The number of amides is 2. The molecule has 5 nitrogen and oxygen atoms in total. The molecule has 1 saturated carbocycles. The number of carbonyl (C=O) groups excluding carboxylic acids is 4. The number of hydrogen-bond acceptors (Lipinski definition) is 4. The molecule has 2 amide bonds. The molecule has 1 aliphatic heterocycles. The zero-order valence-corrected chi connectivity index (χ0v) is 15.4. The fourth-order valence-electron chi connectivity index (χ4n) is 5.20. The first-order valence-electron chi connectivity index (χ1n) is 9.32. The summed E-state index contributed by atoms with van der Waals surface area (Å²) in [6, 6.07) is 1.83. The molecule has 1 saturated heterocycles. The lowest BCUT2D eigenvalue weighted by Crippen LogP contribution is -2.32. The summed E-state index contributed by atoms with van der Waals surface area (Å²) in [5.41, 5.74) is 3.45. The predicted molar refractivity (Wildman–Crippen MR) is 94.9 cm³/mol. The third-order valence-electron chi connectivity index (χ3n) is 6.88. The smallest absolute Gasteiger partial charge is 0.294 e. The summed E-state index contributed by atoms with van der Waals surface area (Å²) in [4.78, 5) is 49.2. The van der Waals surface area contributed by atoms with E-state index in [1.807, 2.05) is 19.9 Å². The molecular formula is C21H23NO4. The van der Waals surface area contributed by atoms with Crippen molar-refractivity contribution in [1.29, 1.82) is 0 Å². The van der Waals surface area contributed by atoms with E-state index in [2.05, 4.69) is 12.2 Å². The van der Waals surface area contributed by atoms with Crippen molar-refractivity contribution in [2.75, 3.05) is 0 Å².